The fourth-order valence-electron chi connectivity index (χ4n) is 2.25. The summed E-state index contributed by atoms with van der Waals surface area (Å²) in [5.74, 6) is 0.459. The van der Waals surface area contributed by atoms with Gasteiger partial charge in [-0.05, 0) is 40.5 Å². The van der Waals surface area contributed by atoms with Crippen molar-refractivity contribution in [3.05, 3.63) is 22.2 Å². The lowest BCUT2D eigenvalue weighted by Crippen LogP contribution is -2.46. The molecule has 1 amide bonds. The lowest BCUT2D eigenvalue weighted by Gasteiger charge is -2.38. The molecular weight excluding hydrogens is 326 g/mol. The predicted molar refractivity (Wildman–Crippen MR) is 78.0 cm³/mol. The molecule has 1 aromatic carbocycles. The highest BCUT2D eigenvalue weighted by Gasteiger charge is 2.38. The summed E-state index contributed by atoms with van der Waals surface area (Å²) in [6.45, 7) is 6.66. The Balaban J connectivity index is 2.43. The molecule has 1 heterocycles. The number of phenolic OH excluding ortho intramolecular Hbond substituents is 1. The van der Waals surface area contributed by atoms with Gasteiger partial charge in [0.05, 0.1) is 17.1 Å². The van der Waals surface area contributed by atoms with Crippen molar-refractivity contribution in [2.24, 2.45) is 5.41 Å². The van der Waals surface area contributed by atoms with Crippen molar-refractivity contribution in [1.82, 2.24) is 5.32 Å². The molecule has 5 nitrogen and oxygen atoms in total. The number of nitrogens with one attached hydrogen (secondary N) is 1. The zero-order valence-corrected chi connectivity index (χ0v) is 13.3. The van der Waals surface area contributed by atoms with Crippen molar-refractivity contribution in [2.75, 3.05) is 13.2 Å². The standard InChI is InChI=1S/C14H18BrNO4/c1-4-19-10-6-8(5-9(15)11(10)17)12-14(2,3)7-20-13(18)16-12/h5-6,12,17H,4,7H2,1-3H3,(H,16,18)/t12-/m1/s1. The molecule has 0 aliphatic carbocycles. The Morgan fingerprint density at radius 3 is 2.90 bits per heavy atom. The van der Waals surface area contributed by atoms with E-state index in [1.165, 1.54) is 0 Å². The van der Waals surface area contributed by atoms with Crippen LogP contribution >= 0.6 is 15.9 Å². The summed E-state index contributed by atoms with van der Waals surface area (Å²) in [4.78, 5) is 11.5. The number of halogens is 1. The Hall–Kier alpha value is -1.43. The molecule has 0 unspecified atom stereocenters. The first-order chi connectivity index (χ1) is 9.35. The van der Waals surface area contributed by atoms with Gasteiger partial charge >= 0.3 is 6.09 Å². The molecule has 6 heteroatoms. The van der Waals surface area contributed by atoms with Crippen LogP contribution < -0.4 is 10.1 Å². The monoisotopic (exact) mass is 343 g/mol. The van der Waals surface area contributed by atoms with Crippen LogP contribution in [0.4, 0.5) is 4.79 Å². The number of benzene rings is 1. The van der Waals surface area contributed by atoms with Gasteiger partial charge in [-0.3, -0.25) is 0 Å². The molecule has 1 atom stereocenters. The third kappa shape index (κ3) is 2.85. The van der Waals surface area contributed by atoms with Gasteiger partial charge in [-0.2, -0.15) is 0 Å². The van der Waals surface area contributed by atoms with Crippen LogP contribution in [-0.2, 0) is 4.74 Å². The average Bonchev–Trinajstić information content (AvgIpc) is 2.38. The number of phenols is 1. The highest BCUT2D eigenvalue weighted by molar-refractivity contribution is 9.10. The number of rotatable bonds is 3. The SMILES string of the molecule is CCOc1cc([C@H]2NC(=O)OCC2(C)C)cc(Br)c1O. The second-order valence-corrected chi connectivity index (χ2v) is 6.28. The van der Waals surface area contributed by atoms with Gasteiger partial charge in [0.25, 0.3) is 0 Å². The summed E-state index contributed by atoms with van der Waals surface area (Å²) in [7, 11) is 0. The molecule has 0 saturated carbocycles. The summed E-state index contributed by atoms with van der Waals surface area (Å²) in [5, 5.41) is 12.8. The number of carbonyl (C=O) groups is 1. The zero-order chi connectivity index (χ0) is 14.9. The molecule has 0 aromatic heterocycles. The van der Waals surface area contributed by atoms with Gasteiger partial charge in [0.15, 0.2) is 11.5 Å². The largest absolute Gasteiger partial charge is 0.503 e. The number of aromatic hydroxyl groups is 1. The third-order valence-electron chi connectivity index (χ3n) is 3.30. The highest BCUT2D eigenvalue weighted by Crippen LogP contribution is 2.42. The fourth-order valence-corrected chi connectivity index (χ4v) is 2.71. The van der Waals surface area contributed by atoms with E-state index in [2.05, 4.69) is 21.2 Å². The maximum atomic E-state index is 11.5. The fraction of sp³-hybridized carbons (Fsp3) is 0.500. The van der Waals surface area contributed by atoms with Crippen LogP contribution in [0.2, 0.25) is 0 Å². The molecular formula is C14H18BrNO4. The van der Waals surface area contributed by atoms with Crippen molar-refractivity contribution in [1.29, 1.82) is 0 Å². The van der Waals surface area contributed by atoms with Crippen LogP contribution in [0, 0.1) is 5.41 Å². The van der Waals surface area contributed by atoms with Crippen molar-refractivity contribution < 1.29 is 19.4 Å². The first-order valence-corrected chi connectivity index (χ1v) is 7.23. The minimum Gasteiger partial charge on any atom is -0.503 e. The van der Waals surface area contributed by atoms with Gasteiger partial charge in [0.1, 0.15) is 6.61 Å². The van der Waals surface area contributed by atoms with E-state index in [1.807, 2.05) is 20.8 Å². The number of hydrogen-bond acceptors (Lipinski definition) is 4. The molecule has 2 rings (SSSR count). The van der Waals surface area contributed by atoms with Gasteiger partial charge in [0.2, 0.25) is 0 Å². The van der Waals surface area contributed by atoms with Crippen molar-refractivity contribution in [3.63, 3.8) is 0 Å². The number of ether oxygens (including phenoxy) is 2. The third-order valence-corrected chi connectivity index (χ3v) is 3.91. The van der Waals surface area contributed by atoms with Crippen LogP contribution in [0.1, 0.15) is 32.4 Å². The molecule has 1 aliphatic heterocycles. The molecule has 1 fully saturated rings. The van der Waals surface area contributed by atoms with Crippen molar-refractivity contribution in [2.45, 2.75) is 26.8 Å². The first-order valence-electron chi connectivity index (χ1n) is 6.43. The molecule has 2 N–H and O–H groups in total. The quantitative estimate of drug-likeness (QED) is 0.882. The van der Waals surface area contributed by atoms with Crippen LogP contribution in [0.3, 0.4) is 0 Å². The molecule has 1 aromatic rings. The lowest BCUT2D eigenvalue weighted by molar-refractivity contribution is 0.0386. The molecule has 0 radical (unpaired) electrons. The summed E-state index contributed by atoms with van der Waals surface area (Å²) in [5.41, 5.74) is 0.605. The van der Waals surface area contributed by atoms with Gasteiger partial charge in [0, 0.05) is 5.41 Å². The van der Waals surface area contributed by atoms with E-state index in [-0.39, 0.29) is 17.2 Å². The van der Waals surface area contributed by atoms with Gasteiger partial charge < -0.3 is 19.9 Å². The smallest absolute Gasteiger partial charge is 0.407 e. The number of alkyl carbamates (subject to hydrolysis) is 1. The molecule has 110 valence electrons. The number of hydrogen-bond donors (Lipinski definition) is 2. The number of amides is 1. The Morgan fingerprint density at radius 1 is 1.55 bits per heavy atom. The summed E-state index contributed by atoms with van der Waals surface area (Å²) >= 11 is 3.31. The van der Waals surface area contributed by atoms with E-state index < -0.39 is 6.09 Å². The Labute approximate surface area is 126 Å². The molecule has 1 aliphatic rings. The summed E-state index contributed by atoms with van der Waals surface area (Å²) in [6, 6.07) is 3.33. The van der Waals surface area contributed by atoms with Gasteiger partial charge in [-0.1, -0.05) is 13.8 Å². The lowest BCUT2D eigenvalue weighted by atomic mass is 9.80. The number of carbonyl (C=O) groups excluding carboxylic acids is 1. The summed E-state index contributed by atoms with van der Waals surface area (Å²) < 4.78 is 11.0. The van der Waals surface area contributed by atoms with E-state index >= 15 is 0 Å². The topological polar surface area (TPSA) is 67.8 Å². The van der Waals surface area contributed by atoms with Crippen LogP contribution in [-0.4, -0.2) is 24.4 Å². The van der Waals surface area contributed by atoms with Gasteiger partial charge in [-0.25, -0.2) is 4.79 Å². The molecule has 0 bridgehead atoms. The minimum atomic E-state index is -0.434. The molecule has 20 heavy (non-hydrogen) atoms. The Kier molecular flexibility index (Phi) is 4.13. The van der Waals surface area contributed by atoms with Crippen LogP contribution in [0.25, 0.3) is 0 Å². The van der Waals surface area contributed by atoms with E-state index in [0.717, 1.165) is 5.56 Å². The molecule has 0 spiro atoms. The van der Waals surface area contributed by atoms with Crippen molar-refractivity contribution in [3.8, 4) is 11.5 Å². The Morgan fingerprint density at radius 2 is 2.25 bits per heavy atom. The normalized spacial score (nSPS) is 21.0. The second-order valence-electron chi connectivity index (χ2n) is 5.42. The number of cyclic esters (lactones) is 1. The molecule has 1 saturated heterocycles. The van der Waals surface area contributed by atoms with Crippen LogP contribution in [0.15, 0.2) is 16.6 Å². The predicted octanol–water partition coefficient (Wildman–Crippen LogP) is 3.36. The first kappa shape index (κ1) is 15.0. The van der Waals surface area contributed by atoms with Crippen LogP contribution in [0.5, 0.6) is 11.5 Å². The summed E-state index contributed by atoms with van der Waals surface area (Å²) in [6.07, 6.45) is -0.434. The zero-order valence-electron chi connectivity index (χ0n) is 11.7. The van der Waals surface area contributed by atoms with Crippen molar-refractivity contribution >= 4 is 22.0 Å². The van der Waals surface area contributed by atoms with E-state index in [4.69, 9.17) is 9.47 Å². The second kappa shape index (κ2) is 5.52. The maximum absolute atomic E-state index is 11.5. The minimum absolute atomic E-state index is 0.0618. The van der Waals surface area contributed by atoms with E-state index in [9.17, 15) is 9.90 Å². The average molecular weight is 344 g/mol. The van der Waals surface area contributed by atoms with E-state index in [1.54, 1.807) is 12.1 Å². The Bertz CT molecular complexity index is 530. The maximum Gasteiger partial charge on any atom is 0.407 e. The van der Waals surface area contributed by atoms with E-state index in [0.29, 0.717) is 23.4 Å². The highest BCUT2D eigenvalue weighted by atomic mass is 79.9. The van der Waals surface area contributed by atoms with Gasteiger partial charge in [-0.15, -0.1) is 0 Å².